The van der Waals surface area contributed by atoms with Crippen molar-refractivity contribution in [2.75, 3.05) is 19.6 Å². The molecule has 0 bridgehead atoms. The molecule has 1 aromatic rings. The van der Waals surface area contributed by atoms with E-state index in [2.05, 4.69) is 15.6 Å². The van der Waals surface area contributed by atoms with Crippen LogP contribution in [0.2, 0.25) is 4.47 Å². The van der Waals surface area contributed by atoms with Crippen LogP contribution in [0.15, 0.2) is 6.20 Å². The Morgan fingerprint density at radius 2 is 2.50 bits per heavy atom. The van der Waals surface area contributed by atoms with Crippen LogP contribution in [0.4, 0.5) is 0 Å². The van der Waals surface area contributed by atoms with Gasteiger partial charge >= 0.3 is 0 Å². The van der Waals surface area contributed by atoms with Crippen LogP contribution < -0.4 is 10.6 Å². The number of nitrogens with one attached hydrogen (secondary N) is 2. The SMILES string of the molecule is Cl.Clc1ncc(CNCC2CCCNC2)s1. The largest absolute Gasteiger partial charge is 0.316 e. The minimum absolute atomic E-state index is 0. The molecule has 6 heteroatoms. The molecule has 0 spiro atoms. The van der Waals surface area contributed by atoms with Crippen LogP contribution in [0, 0.1) is 5.92 Å². The van der Waals surface area contributed by atoms with Crippen LogP contribution in [-0.4, -0.2) is 24.6 Å². The Kier molecular flexibility index (Phi) is 6.61. The molecule has 2 rings (SSSR count). The summed E-state index contributed by atoms with van der Waals surface area (Å²) < 4.78 is 0.631. The minimum Gasteiger partial charge on any atom is -0.316 e. The number of thiazole rings is 1. The lowest BCUT2D eigenvalue weighted by Gasteiger charge is -2.22. The van der Waals surface area contributed by atoms with Crippen molar-refractivity contribution in [3.8, 4) is 0 Å². The molecular formula is C10H17Cl2N3S. The highest BCUT2D eigenvalue weighted by molar-refractivity contribution is 7.15. The number of nitrogens with zero attached hydrogens (tertiary/aromatic N) is 1. The van der Waals surface area contributed by atoms with Gasteiger partial charge in [-0.05, 0) is 38.4 Å². The lowest BCUT2D eigenvalue weighted by molar-refractivity contribution is 0.360. The van der Waals surface area contributed by atoms with Gasteiger partial charge in [0.05, 0.1) is 0 Å². The number of hydrogen-bond donors (Lipinski definition) is 2. The molecule has 1 atom stereocenters. The zero-order valence-electron chi connectivity index (χ0n) is 9.04. The Hall–Kier alpha value is 0.130. The highest BCUT2D eigenvalue weighted by atomic mass is 35.5. The standard InChI is InChI=1S/C10H16ClN3S.ClH/c11-10-14-7-9(15-10)6-13-5-8-2-1-3-12-4-8;/h7-8,12-13H,1-6H2;1H. The Labute approximate surface area is 111 Å². The minimum atomic E-state index is 0. The smallest absolute Gasteiger partial charge is 0.183 e. The number of rotatable bonds is 4. The third-order valence-corrected chi connectivity index (χ3v) is 3.77. The molecule has 0 amide bonds. The van der Waals surface area contributed by atoms with Gasteiger partial charge in [0, 0.05) is 17.6 Å². The van der Waals surface area contributed by atoms with Gasteiger partial charge < -0.3 is 10.6 Å². The fourth-order valence-electron chi connectivity index (χ4n) is 1.86. The topological polar surface area (TPSA) is 37.0 Å². The van der Waals surface area contributed by atoms with E-state index in [-0.39, 0.29) is 12.4 Å². The Morgan fingerprint density at radius 1 is 1.62 bits per heavy atom. The second-order valence-electron chi connectivity index (χ2n) is 3.92. The predicted molar refractivity (Wildman–Crippen MR) is 71.7 cm³/mol. The summed E-state index contributed by atoms with van der Waals surface area (Å²) in [6.45, 7) is 4.31. The van der Waals surface area contributed by atoms with E-state index in [4.69, 9.17) is 11.6 Å². The van der Waals surface area contributed by atoms with E-state index >= 15 is 0 Å². The number of aromatic nitrogens is 1. The van der Waals surface area contributed by atoms with Crippen molar-refractivity contribution in [1.29, 1.82) is 0 Å². The van der Waals surface area contributed by atoms with E-state index in [1.807, 2.05) is 6.20 Å². The van der Waals surface area contributed by atoms with E-state index in [1.165, 1.54) is 24.3 Å². The van der Waals surface area contributed by atoms with Gasteiger partial charge in [-0.3, -0.25) is 0 Å². The van der Waals surface area contributed by atoms with Crippen molar-refractivity contribution in [2.45, 2.75) is 19.4 Å². The van der Waals surface area contributed by atoms with E-state index in [9.17, 15) is 0 Å². The van der Waals surface area contributed by atoms with E-state index in [1.54, 1.807) is 11.3 Å². The van der Waals surface area contributed by atoms with Crippen LogP contribution in [0.5, 0.6) is 0 Å². The van der Waals surface area contributed by atoms with Crippen molar-refractivity contribution in [2.24, 2.45) is 5.92 Å². The number of halogens is 2. The van der Waals surface area contributed by atoms with E-state index in [0.29, 0.717) is 4.47 Å². The van der Waals surface area contributed by atoms with E-state index < -0.39 is 0 Å². The first-order valence-electron chi connectivity index (χ1n) is 5.36. The normalized spacial score (nSPS) is 20.4. The summed E-state index contributed by atoms with van der Waals surface area (Å²) in [5, 5.41) is 6.87. The van der Waals surface area contributed by atoms with Crippen molar-refractivity contribution < 1.29 is 0 Å². The summed E-state index contributed by atoms with van der Waals surface area (Å²) in [5.74, 6) is 0.780. The summed E-state index contributed by atoms with van der Waals surface area (Å²) in [7, 11) is 0. The molecule has 0 aromatic carbocycles. The van der Waals surface area contributed by atoms with Crippen molar-refractivity contribution in [1.82, 2.24) is 15.6 Å². The molecule has 1 fully saturated rings. The van der Waals surface area contributed by atoms with Crippen LogP contribution in [0.3, 0.4) is 0 Å². The van der Waals surface area contributed by atoms with Crippen LogP contribution in [0.1, 0.15) is 17.7 Å². The van der Waals surface area contributed by atoms with Crippen molar-refractivity contribution in [3.05, 3.63) is 15.5 Å². The Morgan fingerprint density at radius 3 is 3.12 bits per heavy atom. The van der Waals surface area contributed by atoms with Gasteiger partial charge in [0.25, 0.3) is 0 Å². The lowest BCUT2D eigenvalue weighted by atomic mass is 10.00. The van der Waals surface area contributed by atoms with Gasteiger partial charge in [-0.15, -0.1) is 23.7 Å². The molecular weight excluding hydrogens is 265 g/mol. The van der Waals surface area contributed by atoms with Crippen LogP contribution >= 0.6 is 35.3 Å². The molecule has 1 saturated heterocycles. The molecule has 1 aliphatic rings. The second-order valence-corrected chi connectivity index (χ2v) is 5.62. The zero-order chi connectivity index (χ0) is 10.5. The predicted octanol–water partition coefficient (Wildman–Crippen LogP) is 2.31. The van der Waals surface area contributed by atoms with Crippen LogP contribution in [0.25, 0.3) is 0 Å². The maximum atomic E-state index is 5.76. The Balaban J connectivity index is 0.00000128. The molecule has 2 heterocycles. The zero-order valence-corrected chi connectivity index (χ0v) is 11.4. The van der Waals surface area contributed by atoms with Crippen LogP contribution in [-0.2, 0) is 6.54 Å². The highest BCUT2D eigenvalue weighted by Crippen LogP contribution is 2.17. The lowest BCUT2D eigenvalue weighted by Crippen LogP contribution is -2.35. The van der Waals surface area contributed by atoms with Crippen molar-refractivity contribution in [3.63, 3.8) is 0 Å². The van der Waals surface area contributed by atoms with Gasteiger partial charge in [-0.25, -0.2) is 4.98 Å². The second kappa shape index (κ2) is 7.45. The first-order valence-corrected chi connectivity index (χ1v) is 6.55. The first kappa shape index (κ1) is 14.2. The molecule has 16 heavy (non-hydrogen) atoms. The monoisotopic (exact) mass is 281 g/mol. The average Bonchev–Trinajstić information content (AvgIpc) is 2.66. The third-order valence-electron chi connectivity index (χ3n) is 2.66. The molecule has 2 N–H and O–H groups in total. The number of piperidine rings is 1. The third kappa shape index (κ3) is 4.55. The quantitative estimate of drug-likeness (QED) is 0.890. The fraction of sp³-hybridized carbons (Fsp3) is 0.700. The Bertz CT molecular complexity index is 300. The molecule has 1 unspecified atom stereocenters. The maximum absolute atomic E-state index is 5.76. The van der Waals surface area contributed by atoms with Crippen molar-refractivity contribution >= 4 is 35.3 Å². The average molecular weight is 282 g/mol. The van der Waals surface area contributed by atoms with Gasteiger partial charge in [-0.2, -0.15) is 0 Å². The summed E-state index contributed by atoms with van der Waals surface area (Å²) in [6, 6.07) is 0. The molecule has 1 aliphatic heterocycles. The van der Waals surface area contributed by atoms with Gasteiger partial charge in [0.2, 0.25) is 0 Å². The molecule has 0 saturated carbocycles. The van der Waals surface area contributed by atoms with Gasteiger partial charge in [0.15, 0.2) is 4.47 Å². The molecule has 92 valence electrons. The summed E-state index contributed by atoms with van der Waals surface area (Å²) in [6.07, 6.45) is 4.49. The fourth-order valence-corrected chi connectivity index (χ4v) is 2.81. The maximum Gasteiger partial charge on any atom is 0.183 e. The van der Waals surface area contributed by atoms with E-state index in [0.717, 1.165) is 25.6 Å². The summed E-state index contributed by atoms with van der Waals surface area (Å²) in [5.41, 5.74) is 0. The van der Waals surface area contributed by atoms with Gasteiger partial charge in [0.1, 0.15) is 0 Å². The van der Waals surface area contributed by atoms with Gasteiger partial charge in [-0.1, -0.05) is 11.6 Å². The number of hydrogen-bond acceptors (Lipinski definition) is 4. The first-order chi connectivity index (χ1) is 7.34. The molecule has 0 radical (unpaired) electrons. The highest BCUT2D eigenvalue weighted by Gasteiger charge is 2.12. The molecule has 3 nitrogen and oxygen atoms in total. The molecule has 1 aromatic heterocycles. The summed E-state index contributed by atoms with van der Waals surface area (Å²) >= 11 is 7.31. The molecule has 0 aliphatic carbocycles. The summed E-state index contributed by atoms with van der Waals surface area (Å²) in [4.78, 5) is 5.23.